The Morgan fingerprint density at radius 3 is 2.85 bits per heavy atom. The van der Waals surface area contributed by atoms with Crippen molar-refractivity contribution in [3.8, 4) is 17.1 Å². The van der Waals surface area contributed by atoms with Gasteiger partial charge < -0.3 is 14.6 Å². The molecule has 1 N–H and O–H groups in total. The molecule has 0 aliphatic carbocycles. The van der Waals surface area contributed by atoms with Crippen LogP contribution in [0, 0.1) is 16.0 Å². The Kier molecular flexibility index (Phi) is 6.85. The molecule has 11 heteroatoms. The molecule has 1 fully saturated rings. The van der Waals surface area contributed by atoms with E-state index in [4.69, 9.17) is 20.9 Å². The molecular formula is C22H22ClN5O5. The van der Waals surface area contributed by atoms with Gasteiger partial charge in [-0.3, -0.25) is 19.8 Å². The summed E-state index contributed by atoms with van der Waals surface area (Å²) in [5, 5.41) is 18.0. The number of halogens is 1. The van der Waals surface area contributed by atoms with Crippen LogP contribution in [0.2, 0.25) is 5.02 Å². The van der Waals surface area contributed by atoms with Gasteiger partial charge in [-0.1, -0.05) is 16.8 Å². The van der Waals surface area contributed by atoms with Crippen LogP contribution in [0.5, 0.6) is 5.75 Å². The Hall–Kier alpha value is -3.50. The quantitative estimate of drug-likeness (QED) is 0.402. The maximum absolute atomic E-state index is 12.8. The largest absolute Gasteiger partial charge is 0.497 e. The third kappa shape index (κ3) is 5.47. The zero-order valence-electron chi connectivity index (χ0n) is 17.9. The Balaban J connectivity index is 1.38. The number of rotatable bonds is 7. The summed E-state index contributed by atoms with van der Waals surface area (Å²) in [4.78, 5) is 29.8. The van der Waals surface area contributed by atoms with Gasteiger partial charge in [-0.2, -0.15) is 4.98 Å². The predicted molar refractivity (Wildman–Crippen MR) is 121 cm³/mol. The lowest BCUT2D eigenvalue weighted by molar-refractivity contribution is -0.384. The highest BCUT2D eigenvalue weighted by Gasteiger charge is 2.27. The van der Waals surface area contributed by atoms with Crippen LogP contribution in [0.3, 0.4) is 0 Å². The molecule has 0 saturated carbocycles. The molecule has 2 heterocycles. The molecule has 2 aromatic carbocycles. The Bertz CT molecular complexity index is 1150. The Morgan fingerprint density at radius 1 is 1.33 bits per heavy atom. The SMILES string of the molecule is COc1ccc(-c2noc(CN3CCCC(C(=O)Nc4cc([N+](=O)[O-])ccc4Cl)C3)n2)cc1. The summed E-state index contributed by atoms with van der Waals surface area (Å²) in [7, 11) is 1.60. The van der Waals surface area contributed by atoms with E-state index in [0.29, 0.717) is 31.2 Å². The second-order valence-electron chi connectivity index (χ2n) is 7.73. The molecule has 1 unspecified atom stereocenters. The van der Waals surface area contributed by atoms with Gasteiger partial charge in [0.2, 0.25) is 17.6 Å². The van der Waals surface area contributed by atoms with Crippen LogP contribution >= 0.6 is 11.6 Å². The lowest BCUT2D eigenvalue weighted by atomic mass is 9.97. The number of likely N-dealkylation sites (tertiary alicyclic amines) is 1. The number of hydrogen-bond donors (Lipinski definition) is 1. The van der Waals surface area contributed by atoms with Gasteiger partial charge in [0, 0.05) is 24.2 Å². The predicted octanol–water partition coefficient (Wildman–Crippen LogP) is 4.16. The number of nitro groups is 1. The van der Waals surface area contributed by atoms with Crippen LogP contribution in [0.4, 0.5) is 11.4 Å². The van der Waals surface area contributed by atoms with Gasteiger partial charge >= 0.3 is 0 Å². The molecule has 172 valence electrons. The molecule has 33 heavy (non-hydrogen) atoms. The van der Waals surface area contributed by atoms with Crippen LogP contribution in [-0.4, -0.2) is 46.1 Å². The molecular weight excluding hydrogens is 450 g/mol. The first kappa shape index (κ1) is 22.7. The van der Waals surface area contributed by atoms with Crippen molar-refractivity contribution in [3.05, 3.63) is 63.5 Å². The molecule has 1 amide bonds. The van der Waals surface area contributed by atoms with Gasteiger partial charge in [0.1, 0.15) is 5.75 Å². The standard InChI is InChI=1S/C22H22ClN5O5/c1-32-17-7-4-14(5-8-17)21-25-20(33-26-21)13-27-10-2-3-15(12-27)22(29)24-19-11-16(28(30)31)6-9-18(19)23/h4-9,11,15H,2-3,10,12-13H2,1H3,(H,24,29). The number of nitro benzene ring substituents is 1. The smallest absolute Gasteiger partial charge is 0.271 e. The highest BCUT2D eigenvalue weighted by molar-refractivity contribution is 6.33. The fourth-order valence-electron chi connectivity index (χ4n) is 3.74. The van der Waals surface area contributed by atoms with Crippen LogP contribution < -0.4 is 10.1 Å². The van der Waals surface area contributed by atoms with Gasteiger partial charge in [0.25, 0.3) is 5.69 Å². The summed E-state index contributed by atoms with van der Waals surface area (Å²) in [5.41, 5.74) is 0.911. The molecule has 1 saturated heterocycles. The van der Waals surface area contributed by atoms with Crippen molar-refractivity contribution < 1.29 is 19.0 Å². The van der Waals surface area contributed by atoms with E-state index in [2.05, 4.69) is 20.4 Å². The van der Waals surface area contributed by atoms with Gasteiger partial charge in [0.15, 0.2) is 0 Å². The molecule has 3 aromatic rings. The van der Waals surface area contributed by atoms with Crippen molar-refractivity contribution in [3.63, 3.8) is 0 Å². The fourth-order valence-corrected chi connectivity index (χ4v) is 3.90. The van der Waals surface area contributed by atoms with Crippen molar-refractivity contribution in [2.24, 2.45) is 5.92 Å². The first-order valence-electron chi connectivity index (χ1n) is 10.4. The monoisotopic (exact) mass is 471 g/mol. The fraction of sp³-hybridized carbons (Fsp3) is 0.318. The number of amides is 1. The first-order valence-corrected chi connectivity index (χ1v) is 10.7. The number of ether oxygens (including phenoxy) is 1. The van der Waals surface area contributed by atoms with E-state index in [-0.39, 0.29) is 28.2 Å². The summed E-state index contributed by atoms with van der Waals surface area (Å²) < 4.78 is 10.6. The van der Waals surface area contributed by atoms with E-state index in [1.54, 1.807) is 7.11 Å². The number of methoxy groups -OCH3 is 1. The number of hydrogen-bond acceptors (Lipinski definition) is 8. The second kappa shape index (κ2) is 9.97. The van der Waals surface area contributed by atoms with Crippen molar-refractivity contribution in [1.29, 1.82) is 0 Å². The molecule has 1 aliphatic heterocycles. The summed E-state index contributed by atoms with van der Waals surface area (Å²) in [6.45, 7) is 1.71. The van der Waals surface area contributed by atoms with Crippen molar-refractivity contribution >= 4 is 28.9 Å². The highest BCUT2D eigenvalue weighted by atomic mass is 35.5. The molecule has 0 bridgehead atoms. The maximum atomic E-state index is 12.8. The topological polar surface area (TPSA) is 124 Å². The average molecular weight is 472 g/mol. The Morgan fingerprint density at radius 2 is 2.12 bits per heavy atom. The summed E-state index contributed by atoms with van der Waals surface area (Å²) in [5.74, 6) is 1.17. The number of nitrogens with one attached hydrogen (secondary N) is 1. The van der Waals surface area contributed by atoms with Crippen molar-refractivity contribution in [2.45, 2.75) is 19.4 Å². The first-order chi connectivity index (χ1) is 15.9. The number of benzene rings is 2. The van der Waals surface area contributed by atoms with E-state index in [1.807, 2.05) is 24.3 Å². The molecule has 10 nitrogen and oxygen atoms in total. The highest BCUT2D eigenvalue weighted by Crippen LogP contribution is 2.28. The molecule has 0 spiro atoms. The van der Waals surface area contributed by atoms with Gasteiger partial charge in [-0.15, -0.1) is 0 Å². The van der Waals surface area contributed by atoms with E-state index >= 15 is 0 Å². The van der Waals surface area contributed by atoms with E-state index in [0.717, 1.165) is 24.3 Å². The van der Waals surface area contributed by atoms with Crippen LogP contribution in [-0.2, 0) is 11.3 Å². The number of aromatic nitrogens is 2. The molecule has 1 aromatic heterocycles. The van der Waals surface area contributed by atoms with Crippen molar-refractivity contribution in [2.75, 3.05) is 25.5 Å². The number of piperidine rings is 1. The average Bonchev–Trinajstić information content (AvgIpc) is 3.29. The van der Waals surface area contributed by atoms with E-state index in [1.165, 1.54) is 18.2 Å². The molecule has 0 radical (unpaired) electrons. The number of carbonyl (C=O) groups excluding carboxylic acids is 1. The second-order valence-corrected chi connectivity index (χ2v) is 8.13. The third-order valence-corrected chi connectivity index (χ3v) is 5.80. The van der Waals surface area contributed by atoms with Gasteiger partial charge in [-0.05, 0) is 49.7 Å². The number of nitrogens with zero attached hydrogens (tertiary/aromatic N) is 4. The summed E-state index contributed by atoms with van der Waals surface area (Å²) in [6, 6.07) is 11.3. The zero-order chi connectivity index (χ0) is 23.4. The van der Waals surface area contributed by atoms with Gasteiger partial charge in [0.05, 0.1) is 35.2 Å². The number of carbonyl (C=O) groups is 1. The van der Waals surface area contributed by atoms with E-state index in [9.17, 15) is 14.9 Å². The minimum absolute atomic E-state index is 0.135. The summed E-state index contributed by atoms with van der Waals surface area (Å²) in [6.07, 6.45) is 1.52. The Labute approximate surface area is 194 Å². The van der Waals surface area contributed by atoms with Crippen LogP contribution in [0.1, 0.15) is 18.7 Å². The van der Waals surface area contributed by atoms with Crippen molar-refractivity contribution in [1.82, 2.24) is 15.0 Å². The van der Waals surface area contributed by atoms with Crippen LogP contribution in [0.15, 0.2) is 47.0 Å². The normalized spacial score (nSPS) is 16.4. The molecule has 1 atom stereocenters. The number of anilines is 1. The van der Waals surface area contributed by atoms with Gasteiger partial charge in [-0.25, -0.2) is 0 Å². The zero-order valence-corrected chi connectivity index (χ0v) is 18.6. The summed E-state index contributed by atoms with van der Waals surface area (Å²) >= 11 is 6.11. The lowest BCUT2D eigenvalue weighted by Crippen LogP contribution is -2.40. The molecule has 1 aliphatic rings. The minimum Gasteiger partial charge on any atom is -0.497 e. The van der Waals surface area contributed by atoms with E-state index < -0.39 is 4.92 Å². The maximum Gasteiger partial charge on any atom is 0.271 e. The molecule has 4 rings (SSSR count). The third-order valence-electron chi connectivity index (χ3n) is 5.47. The lowest BCUT2D eigenvalue weighted by Gasteiger charge is -2.30. The minimum atomic E-state index is -0.529. The van der Waals surface area contributed by atoms with Crippen LogP contribution in [0.25, 0.3) is 11.4 Å². The number of non-ortho nitro benzene ring substituents is 1.